The van der Waals surface area contributed by atoms with E-state index in [1.165, 1.54) is 24.0 Å². The van der Waals surface area contributed by atoms with Gasteiger partial charge in [0.15, 0.2) is 0 Å². The van der Waals surface area contributed by atoms with Crippen LogP contribution in [0.3, 0.4) is 0 Å². The van der Waals surface area contributed by atoms with Gasteiger partial charge in [-0.2, -0.15) is 0 Å². The maximum Gasteiger partial charge on any atom is 0.0690 e. The molecule has 1 nitrogen and oxygen atoms in total. The van der Waals surface area contributed by atoms with Crippen molar-refractivity contribution in [2.75, 3.05) is 0 Å². The van der Waals surface area contributed by atoms with Gasteiger partial charge in [-0.05, 0) is 37.7 Å². The highest BCUT2D eigenvalue weighted by Crippen LogP contribution is 2.38. The Morgan fingerprint density at radius 1 is 1.44 bits per heavy atom. The Morgan fingerprint density at radius 2 is 2.25 bits per heavy atom. The zero-order valence-corrected chi connectivity index (χ0v) is 10.4. The van der Waals surface area contributed by atoms with Crippen molar-refractivity contribution in [3.8, 4) is 0 Å². The molecule has 0 radical (unpaired) electrons. The van der Waals surface area contributed by atoms with Crippen LogP contribution in [0.5, 0.6) is 0 Å². The van der Waals surface area contributed by atoms with E-state index in [1.807, 2.05) is 0 Å². The second kappa shape index (κ2) is 4.58. The summed E-state index contributed by atoms with van der Waals surface area (Å²) in [4.78, 5) is 0. The van der Waals surface area contributed by atoms with Gasteiger partial charge in [0.2, 0.25) is 0 Å². The highest BCUT2D eigenvalue weighted by atomic mass is 16.3. The van der Waals surface area contributed by atoms with Crippen LogP contribution in [0.1, 0.15) is 43.7 Å². The molecule has 0 saturated heterocycles. The van der Waals surface area contributed by atoms with Crippen LogP contribution in [0, 0.1) is 12.8 Å². The monoisotopic (exact) mass is 218 g/mol. The van der Waals surface area contributed by atoms with Gasteiger partial charge in [0.05, 0.1) is 5.60 Å². The molecule has 0 aliphatic heterocycles. The molecule has 1 fully saturated rings. The average molecular weight is 218 g/mol. The normalized spacial score (nSPS) is 29.6. The van der Waals surface area contributed by atoms with Crippen molar-refractivity contribution in [2.24, 2.45) is 5.92 Å². The first kappa shape index (κ1) is 11.7. The van der Waals surface area contributed by atoms with E-state index < -0.39 is 5.60 Å². The van der Waals surface area contributed by atoms with Crippen LogP contribution in [0.25, 0.3) is 0 Å². The van der Waals surface area contributed by atoms with E-state index in [4.69, 9.17) is 0 Å². The SMILES string of the molecule is CCC1CCC(O)(Cc2cccc(C)c2)C1. The van der Waals surface area contributed by atoms with Gasteiger partial charge < -0.3 is 5.11 Å². The van der Waals surface area contributed by atoms with Gasteiger partial charge in [-0.1, -0.05) is 43.2 Å². The smallest absolute Gasteiger partial charge is 0.0690 e. The lowest BCUT2D eigenvalue weighted by Crippen LogP contribution is -2.27. The molecule has 0 aromatic heterocycles. The Bertz CT molecular complexity index is 358. The van der Waals surface area contributed by atoms with Crippen molar-refractivity contribution in [1.82, 2.24) is 0 Å². The van der Waals surface area contributed by atoms with Crippen LogP contribution in [0.2, 0.25) is 0 Å². The van der Waals surface area contributed by atoms with Gasteiger partial charge in [0.1, 0.15) is 0 Å². The van der Waals surface area contributed by atoms with Crippen molar-refractivity contribution < 1.29 is 5.11 Å². The molecular weight excluding hydrogens is 196 g/mol. The van der Waals surface area contributed by atoms with E-state index in [2.05, 4.69) is 38.1 Å². The first-order chi connectivity index (χ1) is 7.61. The van der Waals surface area contributed by atoms with Crippen molar-refractivity contribution in [3.05, 3.63) is 35.4 Å². The second-order valence-corrected chi connectivity index (χ2v) is 5.41. The second-order valence-electron chi connectivity index (χ2n) is 5.41. The molecule has 1 aliphatic rings. The molecule has 1 aromatic carbocycles. The predicted octanol–water partition coefficient (Wildman–Crippen LogP) is 3.48. The Balaban J connectivity index is 2.04. The van der Waals surface area contributed by atoms with Gasteiger partial charge in [-0.15, -0.1) is 0 Å². The zero-order valence-electron chi connectivity index (χ0n) is 10.4. The average Bonchev–Trinajstić information content (AvgIpc) is 2.60. The summed E-state index contributed by atoms with van der Waals surface area (Å²) in [5.74, 6) is 0.731. The molecule has 0 amide bonds. The maximum absolute atomic E-state index is 10.5. The lowest BCUT2D eigenvalue weighted by Gasteiger charge is -2.23. The summed E-state index contributed by atoms with van der Waals surface area (Å²) in [7, 11) is 0. The molecule has 1 N–H and O–H groups in total. The van der Waals surface area contributed by atoms with Crippen LogP contribution in [-0.2, 0) is 6.42 Å². The topological polar surface area (TPSA) is 20.2 Å². The third-order valence-electron chi connectivity index (χ3n) is 3.88. The molecule has 0 spiro atoms. The van der Waals surface area contributed by atoms with Crippen molar-refractivity contribution in [1.29, 1.82) is 0 Å². The Morgan fingerprint density at radius 3 is 2.88 bits per heavy atom. The highest BCUT2D eigenvalue weighted by molar-refractivity contribution is 5.24. The first-order valence-corrected chi connectivity index (χ1v) is 6.39. The minimum Gasteiger partial charge on any atom is -0.390 e. The van der Waals surface area contributed by atoms with Gasteiger partial charge in [0, 0.05) is 6.42 Å². The van der Waals surface area contributed by atoms with E-state index in [1.54, 1.807) is 0 Å². The van der Waals surface area contributed by atoms with Gasteiger partial charge in [-0.3, -0.25) is 0 Å². The molecule has 1 saturated carbocycles. The molecule has 0 bridgehead atoms. The maximum atomic E-state index is 10.5. The fourth-order valence-corrected chi connectivity index (χ4v) is 2.93. The summed E-state index contributed by atoms with van der Waals surface area (Å²) in [5, 5.41) is 10.5. The summed E-state index contributed by atoms with van der Waals surface area (Å²) in [6, 6.07) is 8.51. The van der Waals surface area contributed by atoms with Gasteiger partial charge in [-0.25, -0.2) is 0 Å². The number of aryl methyl sites for hydroxylation is 1. The first-order valence-electron chi connectivity index (χ1n) is 6.39. The molecule has 2 rings (SSSR count). The van der Waals surface area contributed by atoms with Crippen LogP contribution in [0.15, 0.2) is 24.3 Å². The third kappa shape index (κ3) is 2.65. The lowest BCUT2D eigenvalue weighted by molar-refractivity contribution is 0.0437. The van der Waals surface area contributed by atoms with Crippen LogP contribution >= 0.6 is 0 Å². The fraction of sp³-hybridized carbons (Fsp3) is 0.600. The molecule has 1 heteroatoms. The molecule has 1 aliphatic carbocycles. The van der Waals surface area contributed by atoms with E-state index in [0.29, 0.717) is 0 Å². The van der Waals surface area contributed by atoms with Crippen LogP contribution in [0.4, 0.5) is 0 Å². The van der Waals surface area contributed by atoms with E-state index in [-0.39, 0.29) is 0 Å². The molecule has 16 heavy (non-hydrogen) atoms. The summed E-state index contributed by atoms with van der Waals surface area (Å²) in [5.41, 5.74) is 2.12. The largest absolute Gasteiger partial charge is 0.390 e. The van der Waals surface area contributed by atoms with Crippen LogP contribution in [-0.4, -0.2) is 10.7 Å². The highest BCUT2D eigenvalue weighted by Gasteiger charge is 2.36. The number of hydrogen-bond acceptors (Lipinski definition) is 1. The molecule has 0 heterocycles. The molecule has 1 aromatic rings. The van der Waals surface area contributed by atoms with Crippen molar-refractivity contribution in [2.45, 2.75) is 51.6 Å². The third-order valence-corrected chi connectivity index (χ3v) is 3.88. The van der Waals surface area contributed by atoms with E-state index >= 15 is 0 Å². The summed E-state index contributed by atoms with van der Waals surface area (Å²) in [6.45, 7) is 4.33. The molecular formula is C15H22O. The molecule has 2 atom stereocenters. The number of hydrogen-bond donors (Lipinski definition) is 1. The predicted molar refractivity (Wildman–Crippen MR) is 67.5 cm³/mol. The Hall–Kier alpha value is -0.820. The minimum absolute atomic E-state index is 0.436. The van der Waals surface area contributed by atoms with Crippen molar-refractivity contribution >= 4 is 0 Å². The van der Waals surface area contributed by atoms with Gasteiger partial charge in [0.25, 0.3) is 0 Å². The van der Waals surface area contributed by atoms with Crippen LogP contribution < -0.4 is 0 Å². The lowest BCUT2D eigenvalue weighted by atomic mass is 9.91. The fourth-order valence-electron chi connectivity index (χ4n) is 2.93. The molecule has 88 valence electrons. The summed E-state index contributed by atoms with van der Waals surface area (Å²) < 4.78 is 0. The summed E-state index contributed by atoms with van der Waals surface area (Å²) in [6.07, 6.45) is 5.18. The Kier molecular flexibility index (Phi) is 3.34. The van der Waals surface area contributed by atoms with E-state index in [9.17, 15) is 5.11 Å². The number of benzene rings is 1. The van der Waals surface area contributed by atoms with Crippen molar-refractivity contribution in [3.63, 3.8) is 0 Å². The number of rotatable bonds is 3. The Labute approximate surface area is 98.5 Å². The molecule has 2 unspecified atom stereocenters. The zero-order chi connectivity index (χ0) is 11.6. The number of aliphatic hydroxyl groups is 1. The quantitative estimate of drug-likeness (QED) is 0.823. The summed E-state index contributed by atoms with van der Waals surface area (Å²) >= 11 is 0. The van der Waals surface area contributed by atoms with E-state index in [0.717, 1.165) is 25.2 Å². The minimum atomic E-state index is -0.436. The van der Waals surface area contributed by atoms with Gasteiger partial charge >= 0.3 is 0 Å². The standard InChI is InChI=1S/C15H22O/c1-3-13-7-8-15(16,10-13)11-14-6-4-5-12(2)9-14/h4-6,9,13,16H,3,7-8,10-11H2,1-2H3.